The van der Waals surface area contributed by atoms with E-state index in [-0.39, 0.29) is 17.3 Å². The lowest BCUT2D eigenvalue weighted by atomic mass is 10.00. The van der Waals surface area contributed by atoms with Crippen molar-refractivity contribution in [3.8, 4) is 17.2 Å². The van der Waals surface area contributed by atoms with E-state index >= 15 is 0 Å². The van der Waals surface area contributed by atoms with Gasteiger partial charge in [0.05, 0.1) is 10.2 Å². The van der Waals surface area contributed by atoms with Crippen LogP contribution in [0.15, 0.2) is 72.8 Å². The third-order valence-electron chi connectivity index (χ3n) is 6.25. The number of carbonyl (C=O) groups excluding carboxylic acids is 1. The maximum absolute atomic E-state index is 13.7. The highest BCUT2D eigenvalue weighted by Gasteiger charge is 2.26. The summed E-state index contributed by atoms with van der Waals surface area (Å²) in [5.74, 6) is -0.266. The average molecular weight is 538 g/mol. The van der Waals surface area contributed by atoms with E-state index in [0.29, 0.717) is 37.1 Å². The molecule has 0 unspecified atom stereocenters. The Hall–Kier alpha value is -4.38. The number of pyridine rings is 1. The quantitative estimate of drug-likeness (QED) is 0.204. The van der Waals surface area contributed by atoms with Crippen molar-refractivity contribution >= 4 is 61.3 Å². The largest absolute Gasteiger partial charge is 0.383 e. The van der Waals surface area contributed by atoms with Gasteiger partial charge < -0.3 is 16.4 Å². The van der Waals surface area contributed by atoms with Crippen LogP contribution in [0.4, 0.5) is 22.2 Å². The predicted octanol–water partition coefficient (Wildman–Crippen LogP) is 7.94. The van der Waals surface area contributed by atoms with Gasteiger partial charge in [0, 0.05) is 22.0 Å². The van der Waals surface area contributed by atoms with E-state index in [4.69, 9.17) is 17.3 Å². The monoisotopic (exact) mass is 537 g/mol. The summed E-state index contributed by atoms with van der Waals surface area (Å²) in [4.78, 5) is 18.3. The van der Waals surface area contributed by atoms with E-state index < -0.39 is 0 Å². The van der Waals surface area contributed by atoms with Crippen LogP contribution in [0.5, 0.6) is 0 Å². The number of nitrogens with two attached hydrogens (primary N) is 1. The Balaban J connectivity index is 1.72. The van der Waals surface area contributed by atoms with Crippen molar-refractivity contribution in [1.82, 2.24) is 4.98 Å². The van der Waals surface area contributed by atoms with Crippen molar-refractivity contribution < 1.29 is 4.79 Å². The van der Waals surface area contributed by atoms with Crippen LogP contribution in [0.2, 0.25) is 5.02 Å². The molecule has 0 saturated carbocycles. The Labute approximate surface area is 229 Å². The number of thiophene rings is 1. The summed E-state index contributed by atoms with van der Waals surface area (Å²) in [5, 5.41) is 17.5. The number of anilines is 4. The smallest absolute Gasteiger partial charge is 0.260 e. The number of aromatic nitrogens is 1. The van der Waals surface area contributed by atoms with Crippen molar-refractivity contribution in [2.75, 3.05) is 16.4 Å². The summed E-state index contributed by atoms with van der Waals surface area (Å²) in [6.45, 7) is 4.09. The number of nitrogens with one attached hydrogen (secondary N) is 2. The molecule has 2 aromatic heterocycles. The molecule has 5 aromatic rings. The molecule has 0 aliphatic rings. The molecule has 6 nitrogen and oxygen atoms in total. The minimum atomic E-state index is -0.327. The van der Waals surface area contributed by atoms with Gasteiger partial charge in [-0.05, 0) is 60.9 Å². The summed E-state index contributed by atoms with van der Waals surface area (Å²) in [6.07, 6.45) is 0.929. The lowest BCUT2D eigenvalue weighted by Crippen LogP contribution is -2.13. The van der Waals surface area contributed by atoms with Crippen LogP contribution in [-0.2, 0) is 6.42 Å². The Bertz CT molecular complexity index is 1690. The van der Waals surface area contributed by atoms with Crippen molar-refractivity contribution in [2.45, 2.75) is 20.3 Å². The number of nitriles is 1. The number of halogens is 1. The molecule has 0 radical (unpaired) electrons. The second kappa shape index (κ2) is 10.5. The van der Waals surface area contributed by atoms with E-state index in [2.05, 4.69) is 28.6 Å². The number of hydrogen-bond donors (Lipinski definition) is 3. The first-order valence-electron chi connectivity index (χ1n) is 12.0. The first kappa shape index (κ1) is 25.3. The van der Waals surface area contributed by atoms with Crippen molar-refractivity contribution in [3.63, 3.8) is 0 Å². The fraction of sp³-hybridized carbons (Fsp3) is 0.100. The zero-order valence-corrected chi connectivity index (χ0v) is 22.4. The summed E-state index contributed by atoms with van der Waals surface area (Å²) in [7, 11) is 0. The third-order valence-corrected chi connectivity index (χ3v) is 7.61. The highest BCUT2D eigenvalue weighted by atomic mass is 35.5. The van der Waals surface area contributed by atoms with E-state index in [1.54, 1.807) is 12.1 Å². The van der Waals surface area contributed by atoms with Crippen LogP contribution >= 0.6 is 22.9 Å². The molecule has 5 rings (SSSR count). The number of benzene rings is 3. The number of rotatable bonds is 6. The summed E-state index contributed by atoms with van der Waals surface area (Å²) in [6, 6.07) is 25.0. The Kier molecular flexibility index (Phi) is 7.01. The molecule has 0 atom stereocenters. The van der Waals surface area contributed by atoms with Gasteiger partial charge in [0.2, 0.25) is 0 Å². The third kappa shape index (κ3) is 4.92. The standard InChI is InChI=1S/C30H24ClN5OS/c1-3-18-6-14-22(15-7-18)35-30-25(29(37)34-21-12-4-17(2)5-13-21)26-27(38-30)24(23(16-32)28(33)36-26)19-8-10-20(31)11-9-19/h4-15,35H,3H2,1-2H3,(H2,33,36)(H,34,37). The minimum Gasteiger partial charge on any atom is -0.383 e. The van der Waals surface area contributed by atoms with Crippen molar-refractivity contribution in [3.05, 3.63) is 100 Å². The maximum atomic E-state index is 13.7. The summed E-state index contributed by atoms with van der Waals surface area (Å²) < 4.78 is 0.680. The second-order valence-corrected chi connectivity index (χ2v) is 10.3. The van der Waals surface area contributed by atoms with Gasteiger partial charge in [-0.1, -0.05) is 60.5 Å². The Morgan fingerprint density at radius 3 is 2.32 bits per heavy atom. The fourth-order valence-electron chi connectivity index (χ4n) is 4.21. The molecule has 8 heteroatoms. The molecule has 4 N–H and O–H groups in total. The van der Waals surface area contributed by atoms with Crippen LogP contribution in [0, 0.1) is 18.3 Å². The molecular formula is C30H24ClN5OS. The van der Waals surface area contributed by atoms with Gasteiger partial charge in [0.15, 0.2) is 0 Å². The molecule has 0 aliphatic heterocycles. The van der Waals surface area contributed by atoms with E-state index in [1.807, 2.05) is 67.6 Å². The predicted molar refractivity (Wildman–Crippen MR) is 157 cm³/mol. The van der Waals surface area contributed by atoms with Crippen LogP contribution in [0.1, 0.15) is 34.0 Å². The molecule has 0 saturated heterocycles. The van der Waals surface area contributed by atoms with Gasteiger partial charge in [0.1, 0.15) is 28.0 Å². The number of hydrogen-bond acceptors (Lipinski definition) is 6. The number of nitrogen functional groups attached to an aromatic ring is 1. The number of aryl methyl sites for hydroxylation is 2. The average Bonchev–Trinajstić information content (AvgIpc) is 3.27. The molecule has 0 aliphatic carbocycles. The lowest BCUT2D eigenvalue weighted by molar-refractivity contribution is 0.102. The van der Waals surface area contributed by atoms with E-state index in [1.165, 1.54) is 16.9 Å². The zero-order chi connectivity index (χ0) is 26.8. The highest BCUT2D eigenvalue weighted by Crippen LogP contribution is 2.44. The number of fused-ring (bicyclic) bond motifs is 1. The summed E-state index contributed by atoms with van der Waals surface area (Å²) in [5.41, 5.74) is 12.5. The summed E-state index contributed by atoms with van der Waals surface area (Å²) >= 11 is 7.49. The van der Waals surface area contributed by atoms with Gasteiger partial charge in [-0.25, -0.2) is 4.98 Å². The van der Waals surface area contributed by atoms with Gasteiger partial charge in [0.25, 0.3) is 5.91 Å². The van der Waals surface area contributed by atoms with Gasteiger partial charge >= 0.3 is 0 Å². The normalized spacial score (nSPS) is 10.8. The topological polar surface area (TPSA) is 104 Å². The van der Waals surface area contributed by atoms with Crippen LogP contribution in [0.3, 0.4) is 0 Å². The highest BCUT2D eigenvalue weighted by molar-refractivity contribution is 7.24. The van der Waals surface area contributed by atoms with Gasteiger partial charge in [-0.3, -0.25) is 4.79 Å². The molecule has 1 amide bonds. The van der Waals surface area contributed by atoms with Crippen LogP contribution in [0.25, 0.3) is 21.3 Å². The first-order valence-corrected chi connectivity index (χ1v) is 13.2. The second-order valence-electron chi connectivity index (χ2n) is 8.85. The Morgan fingerprint density at radius 1 is 1.03 bits per heavy atom. The Morgan fingerprint density at radius 2 is 1.68 bits per heavy atom. The lowest BCUT2D eigenvalue weighted by Gasteiger charge is -2.10. The first-order chi connectivity index (χ1) is 18.4. The SMILES string of the molecule is CCc1ccc(Nc2sc3c(-c4ccc(Cl)cc4)c(C#N)c(N)nc3c2C(=O)Nc2ccc(C)cc2)cc1. The molecule has 0 bridgehead atoms. The van der Waals surface area contributed by atoms with Crippen LogP contribution in [-0.4, -0.2) is 10.9 Å². The molecule has 3 aromatic carbocycles. The molecule has 0 fully saturated rings. The van der Waals surface area contributed by atoms with E-state index in [0.717, 1.165) is 23.2 Å². The molecule has 0 spiro atoms. The number of nitrogens with zero attached hydrogens (tertiary/aromatic N) is 2. The molecule has 2 heterocycles. The molecular weight excluding hydrogens is 514 g/mol. The fourth-order valence-corrected chi connectivity index (χ4v) is 5.56. The van der Waals surface area contributed by atoms with Crippen LogP contribution < -0.4 is 16.4 Å². The number of carbonyl (C=O) groups is 1. The van der Waals surface area contributed by atoms with Crippen molar-refractivity contribution in [1.29, 1.82) is 5.26 Å². The van der Waals surface area contributed by atoms with Crippen molar-refractivity contribution in [2.24, 2.45) is 0 Å². The maximum Gasteiger partial charge on any atom is 0.260 e. The number of amides is 1. The molecule has 188 valence electrons. The minimum absolute atomic E-state index is 0.0611. The molecule has 38 heavy (non-hydrogen) atoms. The van der Waals surface area contributed by atoms with Gasteiger partial charge in [-0.2, -0.15) is 5.26 Å². The zero-order valence-electron chi connectivity index (χ0n) is 20.8. The van der Waals surface area contributed by atoms with E-state index in [9.17, 15) is 10.1 Å². The van der Waals surface area contributed by atoms with Gasteiger partial charge in [-0.15, -0.1) is 11.3 Å².